The summed E-state index contributed by atoms with van der Waals surface area (Å²) in [6.45, 7) is 3.76. The van der Waals surface area contributed by atoms with Gasteiger partial charge in [-0.25, -0.2) is 4.79 Å². The quantitative estimate of drug-likeness (QED) is 0.394. The number of aliphatic hydroxyl groups excluding tert-OH is 2. The van der Waals surface area contributed by atoms with Crippen molar-refractivity contribution in [2.75, 3.05) is 0 Å². The first kappa shape index (κ1) is 21.1. The van der Waals surface area contributed by atoms with Crippen molar-refractivity contribution in [3.63, 3.8) is 0 Å². The van der Waals surface area contributed by atoms with Gasteiger partial charge in [-0.05, 0) is 33.1 Å². The highest BCUT2D eigenvalue weighted by Crippen LogP contribution is 2.23. The summed E-state index contributed by atoms with van der Waals surface area (Å²) in [6.07, 6.45) is 7.91. The summed E-state index contributed by atoms with van der Waals surface area (Å²) < 4.78 is 11.3. The van der Waals surface area contributed by atoms with Crippen molar-refractivity contribution in [1.82, 2.24) is 0 Å². The molecule has 5 unspecified atom stereocenters. The number of allylic oxidation sites excluding steroid dienone is 1. The number of carbonyl (C=O) groups is 1. The molecular formula is C18H32O6. The normalized spacial score (nSPS) is 29.0. The zero-order chi connectivity index (χ0) is 17.9. The fourth-order valence-corrected chi connectivity index (χ4v) is 2.77. The Morgan fingerprint density at radius 2 is 1.88 bits per heavy atom. The van der Waals surface area contributed by atoms with Gasteiger partial charge in [0, 0.05) is 12.5 Å². The van der Waals surface area contributed by atoms with Crippen LogP contribution in [0, 0.1) is 0 Å². The molecule has 1 aliphatic heterocycles. The number of hydrogen-bond acceptors (Lipinski definition) is 5. The lowest BCUT2D eigenvalue weighted by atomic mass is 10.0. The topological polar surface area (TPSA) is 96.2 Å². The molecule has 1 rings (SSSR count). The number of aliphatic carboxylic acids is 1. The summed E-state index contributed by atoms with van der Waals surface area (Å²) in [5.41, 5.74) is 0. The average Bonchev–Trinajstić information content (AvgIpc) is 2.50. The first-order valence-electron chi connectivity index (χ1n) is 8.96. The summed E-state index contributed by atoms with van der Waals surface area (Å²) in [5.74, 6) is -0.889. The molecule has 0 bridgehead atoms. The van der Waals surface area contributed by atoms with E-state index in [2.05, 4.69) is 0 Å². The molecule has 140 valence electrons. The molecule has 3 N–H and O–H groups in total. The minimum absolute atomic E-state index is 0.00518. The number of hydrogen-bond donors (Lipinski definition) is 3. The second-order valence-corrected chi connectivity index (χ2v) is 6.61. The van der Waals surface area contributed by atoms with Gasteiger partial charge < -0.3 is 24.8 Å². The van der Waals surface area contributed by atoms with Gasteiger partial charge in [0.2, 0.25) is 0 Å². The molecule has 1 saturated heterocycles. The van der Waals surface area contributed by atoms with Crippen molar-refractivity contribution in [3.05, 3.63) is 12.2 Å². The molecule has 0 saturated carbocycles. The van der Waals surface area contributed by atoms with Gasteiger partial charge in [0.25, 0.3) is 0 Å². The Morgan fingerprint density at radius 1 is 1.21 bits per heavy atom. The molecule has 6 heteroatoms. The van der Waals surface area contributed by atoms with E-state index in [0.717, 1.165) is 44.9 Å². The van der Waals surface area contributed by atoms with E-state index in [1.807, 2.05) is 6.92 Å². The average molecular weight is 344 g/mol. The van der Waals surface area contributed by atoms with Crippen LogP contribution in [0.25, 0.3) is 0 Å². The zero-order valence-electron chi connectivity index (χ0n) is 14.8. The largest absolute Gasteiger partial charge is 0.478 e. The van der Waals surface area contributed by atoms with Gasteiger partial charge in [-0.15, -0.1) is 0 Å². The lowest BCUT2D eigenvalue weighted by Gasteiger charge is -2.36. The lowest BCUT2D eigenvalue weighted by Crippen LogP contribution is -2.48. The monoisotopic (exact) mass is 344 g/mol. The van der Waals surface area contributed by atoms with Crippen LogP contribution in [0.5, 0.6) is 0 Å². The van der Waals surface area contributed by atoms with Crippen molar-refractivity contribution in [2.45, 2.75) is 95.9 Å². The van der Waals surface area contributed by atoms with E-state index in [1.54, 1.807) is 13.0 Å². The Labute approximate surface area is 144 Å². The van der Waals surface area contributed by atoms with Crippen LogP contribution in [0.2, 0.25) is 0 Å². The molecule has 0 aromatic carbocycles. The Kier molecular flexibility index (Phi) is 10.2. The van der Waals surface area contributed by atoms with Crippen molar-refractivity contribution < 1.29 is 29.6 Å². The third-order valence-electron chi connectivity index (χ3n) is 4.30. The maximum Gasteiger partial charge on any atom is 0.327 e. The number of carboxylic acid groups (broad SMARTS) is 1. The maximum absolute atomic E-state index is 10.3. The third kappa shape index (κ3) is 8.78. The smallest absolute Gasteiger partial charge is 0.327 e. The van der Waals surface area contributed by atoms with Gasteiger partial charge in [0.05, 0.1) is 18.3 Å². The SMILES string of the molecule is CC(CCCCCCCC=CC(=O)O)OC1OC(C)C(O)CC1O. The van der Waals surface area contributed by atoms with Crippen LogP contribution in [0.4, 0.5) is 0 Å². The van der Waals surface area contributed by atoms with Crippen LogP contribution in [-0.4, -0.2) is 52.0 Å². The van der Waals surface area contributed by atoms with E-state index in [1.165, 1.54) is 6.08 Å². The molecule has 6 nitrogen and oxygen atoms in total. The Balaban J connectivity index is 2.04. The van der Waals surface area contributed by atoms with Crippen LogP contribution < -0.4 is 0 Å². The van der Waals surface area contributed by atoms with Gasteiger partial charge in [-0.3, -0.25) is 0 Å². The lowest BCUT2D eigenvalue weighted by molar-refractivity contribution is -0.273. The highest BCUT2D eigenvalue weighted by molar-refractivity contribution is 5.79. The molecule has 1 aliphatic rings. The fraction of sp³-hybridized carbons (Fsp3) is 0.833. The summed E-state index contributed by atoms with van der Waals surface area (Å²) in [5, 5.41) is 28.0. The van der Waals surface area contributed by atoms with Crippen molar-refractivity contribution >= 4 is 5.97 Å². The third-order valence-corrected chi connectivity index (χ3v) is 4.30. The second kappa shape index (κ2) is 11.6. The first-order chi connectivity index (χ1) is 11.4. The van der Waals surface area contributed by atoms with Gasteiger partial charge in [-0.2, -0.15) is 0 Å². The number of ether oxygens (including phenoxy) is 2. The van der Waals surface area contributed by atoms with Gasteiger partial charge in [0.1, 0.15) is 6.10 Å². The predicted molar refractivity (Wildman–Crippen MR) is 90.6 cm³/mol. The maximum atomic E-state index is 10.3. The minimum atomic E-state index is -0.889. The highest BCUT2D eigenvalue weighted by Gasteiger charge is 2.35. The van der Waals surface area contributed by atoms with E-state index in [-0.39, 0.29) is 18.6 Å². The van der Waals surface area contributed by atoms with Gasteiger partial charge >= 0.3 is 5.97 Å². The first-order valence-corrected chi connectivity index (χ1v) is 8.96. The van der Waals surface area contributed by atoms with E-state index in [0.29, 0.717) is 0 Å². The molecule has 0 amide bonds. The highest BCUT2D eigenvalue weighted by atomic mass is 16.7. The summed E-state index contributed by atoms with van der Waals surface area (Å²) >= 11 is 0. The van der Waals surface area contributed by atoms with Crippen molar-refractivity contribution in [2.24, 2.45) is 0 Å². The molecule has 1 heterocycles. The zero-order valence-corrected chi connectivity index (χ0v) is 14.8. The molecule has 0 spiro atoms. The summed E-state index contributed by atoms with van der Waals surface area (Å²) in [6, 6.07) is 0. The van der Waals surface area contributed by atoms with Crippen LogP contribution >= 0.6 is 0 Å². The second-order valence-electron chi connectivity index (χ2n) is 6.61. The molecule has 24 heavy (non-hydrogen) atoms. The van der Waals surface area contributed by atoms with Gasteiger partial charge in [-0.1, -0.05) is 31.8 Å². The van der Waals surface area contributed by atoms with Crippen LogP contribution in [0.3, 0.4) is 0 Å². The Hall–Kier alpha value is -0.950. The van der Waals surface area contributed by atoms with Gasteiger partial charge in [0.15, 0.2) is 6.29 Å². The molecule has 0 radical (unpaired) electrons. The van der Waals surface area contributed by atoms with E-state index in [4.69, 9.17) is 14.6 Å². The molecule has 0 aromatic heterocycles. The van der Waals surface area contributed by atoms with Crippen LogP contribution in [-0.2, 0) is 14.3 Å². The summed E-state index contributed by atoms with van der Waals surface area (Å²) in [4.78, 5) is 10.3. The van der Waals surface area contributed by atoms with E-state index < -0.39 is 24.5 Å². The molecule has 5 atom stereocenters. The van der Waals surface area contributed by atoms with E-state index in [9.17, 15) is 15.0 Å². The predicted octanol–water partition coefficient (Wildman–Crippen LogP) is 2.62. The van der Waals surface area contributed by atoms with Crippen molar-refractivity contribution in [1.29, 1.82) is 0 Å². The number of carboxylic acids is 1. The molecule has 0 aromatic rings. The molecular weight excluding hydrogens is 312 g/mol. The number of unbranched alkanes of at least 4 members (excludes halogenated alkanes) is 5. The molecule has 0 aliphatic carbocycles. The minimum Gasteiger partial charge on any atom is -0.478 e. The van der Waals surface area contributed by atoms with Crippen LogP contribution in [0.1, 0.15) is 65.2 Å². The van der Waals surface area contributed by atoms with Crippen molar-refractivity contribution in [3.8, 4) is 0 Å². The number of aliphatic hydroxyl groups is 2. The van der Waals surface area contributed by atoms with Crippen LogP contribution in [0.15, 0.2) is 12.2 Å². The molecule has 1 fully saturated rings. The Bertz CT molecular complexity index is 384. The summed E-state index contributed by atoms with van der Waals surface area (Å²) in [7, 11) is 0. The fourth-order valence-electron chi connectivity index (χ4n) is 2.77. The van der Waals surface area contributed by atoms with E-state index >= 15 is 0 Å². The number of rotatable bonds is 11. The Morgan fingerprint density at radius 3 is 2.58 bits per heavy atom. The standard InChI is InChI=1S/C18H32O6/c1-13(23-18-16(20)12-15(19)14(2)24-18)10-8-6-4-3-5-7-9-11-17(21)22/h9,11,13-16,18-20H,3-8,10,12H2,1-2H3,(H,21,22).